The van der Waals surface area contributed by atoms with E-state index in [1.165, 1.54) is 0 Å². The fraction of sp³-hybridized carbons (Fsp3) is 0.636. The van der Waals surface area contributed by atoms with Gasteiger partial charge in [-0.3, -0.25) is 9.48 Å². The number of nitrogens with one attached hydrogen (secondary N) is 1. The van der Waals surface area contributed by atoms with E-state index in [9.17, 15) is 4.79 Å². The molecule has 2 atom stereocenters. The van der Waals surface area contributed by atoms with Crippen LogP contribution in [0.25, 0.3) is 0 Å². The molecule has 0 saturated carbocycles. The van der Waals surface area contributed by atoms with Crippen LogP contribution in [0, 0.1) is 0 Å². The van der Waals surface area contributed by atoms with Gasteiger partial charge in [-0.15, -0.1) is 12.4 Å². The zero-order chi connectivity index (χ0) is 11.7. The third-order valence-corrected chi connectivity index (χ3v) is 2.80. The summed E-state index contributed by atoms with van der Waals surface area (Å²) in [4.78, 5) is 14.0. The van der Waals surface area contributed by atoms with E-state index in [0.717, 1.165) is 13.1 Å². The summed E-state index contributed by atoms with van der Waals surface area (Å²) in [6.45, 7) is 5.72. The Kier molecular flexibility index (Phi) is 4.54. The lowest BCUT2D eigenvalue weighted by Crippen LogP contribution is -2.55. The second-order valence-electron chi connectivity index (χ2n) is 4.58. The minimum atomic E-state index is 0. The summed E-state index contributed by atoms with van der Waals surface area (Å²) in [5, 5.41) is 7.43. The molecule has 0 radical (unpaired) electrons. The van der Waals surface area contributed by atoms with Gasteiger partial charge in [0.15, 0.2) is 0 Å². The normalized spacial score (nSPS) is 24.3. The molecule has 96 valence electrons. The SMILES string of the molecule is CC1CN(C(=O)c2cnn(C)c2)CC(C)N1.Cl. The highest BCUT2D eigenvalue weighted by atomic mass is 35.5. The van der Waals surface area contributed by atoms with Gasteiger partial charge in [0.05, 0.1) is 11.8 Å². The summed E-state index contributed by atoms with van der Waals surface area (Å²) in [6.07, 6.45) is 3.39. The average molecular weight is 259 g/mol. The predicted molar refractivity (Wildman–Crippen MR) is 68.4 cm³/mol. The summed E-state index contributed by atoms with van der Waals surface area (Å²) in [5.41, 5.74) is 0.670. The maximum Gasteiger partial charge on any atom is 0.257 e. The molecular weight excluding hydrogens is 240 g/mol. The number of hydrogen-bond acceptors (Lipinski definition) is 3. The number of aryl methyl sites for hydroxylation is 1. The van der Waals surface area contributed by atoms with E-state index < -0.39 is 0 Å². The molecule has 1 saturated heterocycles. The number of rotatable bonds is 1. The molecule has 1 aliphatic heterocycles. The maximum absolute atomic E-state index is 12.1. The minimum absolute atomic E-state index is 0. The van der Waals surface area contributed by atoms with Gasteiger partial charge in [-0.1, -0.05) is 0 Å². The number of nitrogens with zero attached hydrogens (tertiary/aromatic N) is 3. The highest BCUT2D eigenvalue weighted by molar-refractivity contribution is 5.93. The van der Waals surface area contributed by atoms with Crippen LogP contribution in [-0.2, 0) is 7.05 Å². The summed E-state index contributed by atoms with van der Waals surface area (Å²) in [5.74, 6) is 0.0771. The monoisotopic (exact) mass is 258 g/mol. The van der Waals surface area contributed by atoms with Crippen molar-refractivity contribution in [3.63, 3.8) is 0 Å². The molecule has 1 amide bonds. The van der Waals surface area contributed by atoms with Crippen LogP contribution in [0.4, 0.5) is 0 Å². The van der Waals surface area contributed by atoms with Crippen molar-refractivity contribution in [2.75, 3.05) is 13.1 Å². The summed E-state index contributed by atoms with van der Waals surface area (Å²) >= 11 is 0. The van der Waals surface area contributed by atoms with E-state index in [4.69, 9.17) is 0 Å². The van der Waals surface area contributed by atoms with Crippen molar-refractivity contribution >= 4 is 18.3 Å². The van der Waals surface area contributed by atoms with Crippen LogP contribution in [-0.4, -0.2) is 45.8 Å². The molecule has 0 bridgehead atoms. The largest absolute Gasteiger partial charge is 0.335 e. The molecule has 1 aromatic rings. The maximum atomic E-state index is 12.1. The molecule has 1 aliphatic rings. The average Bonchev–Trinajstić information content (AvgIpc) is 2.62. The molecule has 17 heavy (non-hydrogen) atoms. The number of piperazine rings is 1. The van der Waals surface area contributed by atoms with Gasteiger partial charge < -0.3 is 10.2 Å². The Morgan fingerprint density at radius 3 is 2.47 bits per heavy atom. The number of hydrogen-bond donors (Lipinski definition) is 1. The summed E-state index contributed by atoms with van der Waals surface area (Å²) in [7, 11) is 1.82. The Balaban J connectivity index is 0.00000144. The third-order valence-electron chi connectivity index (χ3n) is 2.80. The van der Waals surface area contributed by atoms with Gasteiger partial charge in [-0.2, -0.15) is 5.10 Å². The molecule has 2 unspecified atom stereocenters. The first-order chi connectivity index (χ1) is 7.56. The Hall–Kier alpha value is -1.07. The van der Waals surface area contributed by atoms with Crippen LogP contribution in [0.5, 0.6) is 0 Å². The predicted octanol–water partition coefficient (Wildman–Crippen LogP) is 0.664. The number of carbonyl (C=O) groups excluding carboxylic acids is 1. The first-order valence-electron chi connectivity index (χ1n) is 5.60. The van der Waals surface area contributed by atoms with Crippen molar-refractivity contribution in [2.24, 2.45) is 7.05 Å². The lowest BCUT2D eigenvalue weighted by Gasteiger charge is -2.35. The zero-order valence-corrected chi connectivity index (χ0v) is 11.2. The molecule has 1 fully saturated rings. The third kappa shape index (κ3) is 3.20. The quantitative estimate of drug-likeness (QED) is 0.805. The van der Waals surface area contributed by atoms with E-state index in [2.05, 4.69) is 24.3 Å². The molecule has 5 nitrogen and oxygen atoms in total. The van der Waals surface area contributed by atoms with Gasteiger partial charge in [0.2, 0.25) is 0 Å². The number of carbonyl (C=O) groups is 1. The van der Waals surface area contributed by atoms with Gasteiger partial charge in [0.25, 0.3) is 5.91 Å². The minimum Gasteiger partial charge on any atom is -0.335 e. The van der Waals surface area contributed by atoms with Crippen molar-refractivity contribution in [3.05, 3.63) is 18.0 Å². The highest BCUT2D eigenvalue weighted by Gasteiger charge is 2.25. The first kappa shape index (κ1) is 14.0. The van der Waals surface area contributed by atoms with Gasteiger partial charge >= 0.3 is 0 Å². The van der Waals surface area contributed by atoms with Crippen LogP contribution < -0.4 is 5.32 Å². The molecule has 0 spiro atoms. The van der Waals surface area contributed by atoms with Crippen molar-refractivity contribution in [1.29, 1.82) is 0 Å². The number of halogens is 1. The molecule has 0 aromatic carbocycles. The molecule has 1 N–H and O–H groups in total. The van der Waals surface area contributed by atoms with Crippen LogP contribution in [0.3, 0.4) is 0 Å². The Morgan fingerprint density at radius 2 is 2.00 bits per heavy atom. The lowest BCUT2D eigenvalue weighted by molar-refractivity contribution is 0.0673. The van der Waals surface area contributed by atoms with E-state index in [1.54, 1.807) is 17.1 Å². The van der Waals surface area contributed by atoms with Gasteiger partial charge in [-0.25, -0.2) is 0 Å². The molecule has 2 heterocycles. The van der Waals surface area contributed by atoms with Crippen molar-refractivity contribution in [1.82, 2.24) is 20.0 Å². The Labute approximate surface area is 108 Å². The van der Waals surface area contributed by atoms with Gasteiger partial charge in [0, 0.05) is 38.4 Å². The summed E-state index contributed by atoms with van der Waals surface area (Å²) < 4.78 is 1.66. The number of aromatic nitrogens is 2. The van der Waals surface area contributed by atoms with E-state index in [1.807, 2.05) is 11.9 Å². The highest BCUT2D eigenvalue weighted by Crippen LogP contribution is 2.09. The molecule has 2 rings (SSSR count). The van der Waals surface area contributed by atoms with Crippen LogP contribution in [0.2, 0.25) is 0 Å². The summed E-state index contributed by atoms with van der Waals surface area (Å²) in [6, 6.07) is 0.703. The lowest BCUT2D eigenvalue weighted by atomic mass is 10.1. The topological polar surface area (TPSA) is 50.2 Å². The number of amides is 1. The van der Waals surface area contributed by atoms with Crippen LogP contribution in [0.15, 0.2) is 12.4 Å². The van der Waals surface area contributed by atoms with E-state index in [0.29, 0.717) is 17.6 Å². The Morgan fingerprint density at radius 1 is 1.41 bits per heavy atom. The van der Waals surface area contributed by atoms with Crippen LogP contribution >= 0.6 is 12.4 Å². The molecule has 1 aromatic heterocycles. The smallest absolute Gasteiger partial charge is 0.257 e. The Bertz CT molecular complexity index is 383. The van der Waals surface area contributed by atoms with Gasteiger partial charge in [-0.05, 0) is 13.8 Å². The van der Waals surface area contributed by atoms with E-state index >= 15 is 0 Å². The van der Waals surface area contributed by atoms with Crippen molar-refractivity contribution in [3.8, 4) is 0 Å². The fourth-order valence-electron chi connectivity index (χ4n) is 2.21. The van der Waals surface area contributed by atoms with Gasteiger partial charge in [0.1, 0.15) is 0 Å². The van der Waals surface area contributed by atoms with Crippen molar-refractivity contribution in [2.45, 2.75) is 25.9 Å². The first-order valence-corrected chi connectivity index (χ1v) is 5.60. The fourth-order valence-corrected chi connectivity index (χ4v) is 2.21. The second-order valence-corrected chi connectivity index (χ2v) is 4.58. The molecular formula is C11H19ClN4O. The molecule has 0 aliphatic carbocycles. The second kappa shape index (κ2) is 5.51. The van der Waals surface area contributed by atoms with Crippen molar-refractivity contribution < 1.29 is 4.79 Å². The van der Waals surface area contributed by atoms with E-state index in [-0.39, 0.29) is 18.3 Å². The van der Waals surface area contributed by atoms with Crippen LogP contribution in [0.1, 0.15) is 24.2 Å². The standard InChI is InChI=1S/C11H18N4O.ClH/c1-8-5-15(6-9(2)13-8)11(16)10-4-12-14(3)7-10;/h4,7-9,13H,5-6H2,1-3H3;1H. The zero-order valence-electron chi connectivity index (χ0n) is 10.4. The molecule has 6 heteroatoms.